The number of likely N-dealkylation sites (N-methyl/N-ethyl adjacent to an activating group) is 1. The summed E-state index contributed by atoms with van der Waals surface area (Å²) in [6.45, 7) is 1.21. The van der Waals surface area contributed by atoms with Gasteiger partial charge in [-0.25, -0.2) is 4.39 Å². The summed E-state index contributed by atoms with van der Waals surface area (Å²) in [6, 6.07) is 7.09. The number of hydrogen-bond donors (Lipinski definition) is 1. The van der Waals surface area contributed by atoms with Crippen LogP contribution in [0.3, 0.4) is 0 Å². The van der Waals surface area contributed by atoms with E-state index in [0.29, 0.717) is 31.0 Å². The second-order valence-electron chi connectivity index (χ2n) is 10.7. The Kier molecular flexibility index (Phi) is 7.56. The Labute approximate surface area is 218 Å². The number of carbonyl (C=O) groups is 2. The van der Waals surface area contributed by atoms with Gasteiger partial charge in [0.15, 0.2) is 0 Å². The lowest BCUT2D eigenvalue weighted by Gasteiger charge is -2.46. The first-order chi connectivity index (χ1) is 17.9. The first kappa shape index (κ1) is 25.4. The molecule has 1 aromatic rings. The van der Waals surface area contributed by atoms with E-state index in [1.54, 1.807) is 12.1 Å². The highest BCUT2D eigenvalue weighted by molar-refractivity contribution is 5.97. The first-order valence-corrected chi connectivity index (χ1v) is 13.3. The summed E-state index contributed by atoms with van der Waals surface area (Å²) in [5, 5.41) is 9.04. The van der Waals surface area contributed by atoms with Crippen molar-refractivity contribution in [3.63, 3.8) is 0 Å². The van der Waals surface area contributed by atoms with E-state index in [2.05, 4.69) is 54.5 Å². The van der Waals surface area contributed by atoms with Crippen molar-refractivity contribution in [2.75, 3.05) is 20.1 Å². The Morgan fingerprint density at radius 3 is 2.68 bits per heavy atom. The van der Waals surface area contributed by atoms with Gasteiger partial charge in [-0.3, -0.25) is 14.5 Å². The highest BCUT2D eigenvalue weighted by atomic mass is 19.1. The fourth-order valence-electron chi connectivity index (χ4n) is 6.23. The highest BCUT2D eigenvalue weighted by Crippen LogP contribution is 2.39. The number of aliphatic carboxylic acids is 1. The molecule has 4 atom stereocenters. The molecule has 5 rings (SSSR count). The quantitative estimate of drug-likeness (QED) is 0.390. The minimum Gasteiger partial charge on any atom is -0.481 e. The zero-order valence-corrected chi connectivity index (χ0v) is 21.3. The Morgan fingerprint density at radius 1 is 1.11 bits per heavy atom. The zero-order valence-electron chi connectivity index (χ0n) is 21.3. The van der Waals surface area contributed by atoms with Crippen LogP contribution in [0.2, 0.25) is 0 Å². The summed E-state index contributed by atoms with van der Waals surface area (Å²) >= 11 is 0. The molecule has 0 saturated carbocycles. The monoisotopic (exact) mass is 502 g/mol. The second-order valence-corrected chi connectivity index (χ2v) is 10.7. The Hall–Kier alpha value is -3.25. The number of amides is 1. The van der Waals surface area contributed by atoms with Crippen LogP contribution in [0.5, 0.6) is 0 Å². The maximum atomic E-state index is 13.6. The number of fused-ring (bicyclic) bond motifs is 1. The van der Waals surface area contributed by atoms with Crippen molar-refractivity contribution in [1.82, 2.24) is 9.80 Å². The number of carboxylic acids is 1. The summed E-state index contributed by atoms with van der Waals surface area (Å²) in [5.74, 6) is -0.302. The van der Waals surface area contributed by atoms with Gasteiger partial charge in [-0.05, 0) is 56.3 Å². The summed E-state index contributed by atoms with van der Waals surface area (Å²) in [7, 11) is 2.17. The second kappa shape index (κ2) is 11.0. The number of nitrogens with zero attached hydrogens (tertiary/aromatic N) is 2. The van der Waals surface area contributed by atoms with Gasteiger partial charge in [0.2, 0.25) is 0 Å². The topological polar surface area (TPSA) is 60.9 Å². The molecule has 5 nitrogen and oxygen atoms in total. The predicted molar refractivity (Wildman–Crippen MR) is 142 cm³/mol. The average molecular weight is 503 g/mol. The van der Waals surface area contributed by atoms with Crippen LogP contribution in [0.4, 0.5) is 4.39 Å². The van der Waals surface area contributed by atoms with Crippen molar-refractivity contribution in [1.29, 1.82) is 0 Å². The largest absolute Gasteiger partial charge is 0.481 e. The van der Waals surface area contributed by atoms with Crippen LogP contribution < -0.4 is 0 Å². The van der Waals surface area contributed by atoms with Gasteiger partial charge in [0, 0.05) is 49.0 Å². The fourth-order valence-corrected chi connectivity index (χ4v) is 6.23. The Morgan fingerprint density at radius 2 is 1.95 bits per heavy atom. The summed E-state index contributed by atoms with van der Waals surface area (Å²) in [6.07, 6.45) is 20.8. The average Bonchev–Trinajstić information content (AvgIpc) is 2.86. The summed E-state index contributed by atoms with van der Waals surface area (Å²) in [4.78, 5) is 28.5. The molecular formula is C31H35FN2O3. The highest BCUT2D eigenvalue weighted by Gasteiger charge is 2.39. The van der Waals surface area contributed by atoms with Gasteiger partial charge in [0.1, 0.15) is 5.82 Å². The zero-order chi connectivity index (χ0) is 25.9. The Bertz CT molecular complexity index is 1190. The minimum absolute atomic E-state index is 0.0314. The lowest BCUT2D eigenvalue weighted by Crippen LogP contribution is -2.52. The number of unbranched alkanes of at least 4 members (excludes halogenated alkanes) is 1. The molecule has 4 aliphatic rings. The third kappa shape index (κ3) is 5.54. The van der Waals surface area contributed by atoms with Crippen LogP contribution in [-0.4, -0.2) is 59.0 Å². The molecule has 37 heavy (non-hydrogen) atoms. The van der Waals surface area contributed by atoms with Crippen LogP contribution in [0.15, 0.2) is 84.0 Å². The van der Waals surface area contributed by atoms with Gasteiger partial charge in [-0.1, -0.05) is 66.3 Å². The molecule has 2 aliphatic heterocycles. The van der Waals surface area contributed by atoms with Crippen LogP contribution in [0, 0.1) is 17.7 Å². The molecule has 1 fully saturated rings. The number of likely N-dealkylation sites (tertiary alicyclic amines) is 1. The van der Waals surface area contributed by atoms with E-state index >= 15 is 0 Å². The standard InChI is InChI=1S/C31H35FN2O3/c1-33-28-15-14-24(31(37)34-19-26(20-34)22-11-7-12-27(32)18-22)17-25(28)16-23(10-5-6-13-29(35)36)30(33)21-8-3-2-4-9-21/h2-4,7-8,11-12,14-18,21,25-26,28,30H,5-6,9-10,13,19-20H2,1H3,(H,35,36). The van der Waals surface area contributed by atoms with Crippen molar-refractivity contribution >= 4 is 11.9 Å². The van der Waals surface area contributed by atoms with Gasteiger partial charge in [0.05, 0.1) is 0 Å². The van der Waals surface area contributed by atoms with E-state index in [1.165, 1.54) is 11.6 Å². The van der Waals surface area contributed by atoms with E-state index in [9.17, 15) is 14.0 Å². The molecule has 0 spiro atoms. The van der Waals surface area contributed by atoms with Crippen LogP contribution in [0.25, 0.3) is 0 Å². The molecule has 4 unspecified atom stereocenters. The number of carbonyl (C=O) groups excluding carboxylic acids is 1. The molecule has 1 aromatic carbocycles. The fraction of sp³-hybridized carbons (Fsp3) is 0.419. The van der Waals surface area contributed by atoms with Crippen molar-refractivity contribution in [2.24, 2.45) is 11.8 Å². The van der Waals surface area contributed by atoms with Crippen molar-refractivity contribution in [2.45, 2.75) is 50.1 Å². The van der Waals surface area contributed by atoms with Crippen molar-refractivity contribution < 1.29 is 19.1 Å². The maximum absolute atomic E-state index is 13.6. The molecule has 194 valence electrons. The normalized spacial score (nSPS) is 27.4. The Balaban J connectivity index is 1.30. The predicted octanol–water partition coefficient (Wildman–Crippen LogP) is 5.25. The molecular weight excluding hydrogens is 467 g/mol. The summed E-state index contributed by atoms with van der Waals surface area (Å²) < 4.78 is 13.6. The minimum atomic E-state index is -0.749. The maximum Gasteiger partial charge on any atom is 0.303 e. The molecule has 0 radical (unpaired) electrons. The number of halogens is 1. The van der Waals surface area contributed by atoms with E-state index in [1.807, 2.05) is 17.0 Å². The smallest absolute Gasteiger partial charge is 0.303 e. The third-order valence-electron chi connectivity index (χ3n) is 8.20. The number of hydrogen-bond acceptors (Lipinski definition) is 3. The molecule has 2 heterocycles. The van der Waals surface area contributed by atoms with Gasteiger partial charge in [0.25, 0.3) is 5.91 Å². The number of benzene rings is 1. The molecule has 2 aliphatic carbocycles. The van der Waals surface area contributed by atoms with Crippen LogP contribution >= 0.6 is 0 Å². The number of rotatable bonds is 8. The lowest BCUT2D eigenvalue weighted by molar-refractivity contribution is -0.137. The number of allylic oxidation sites excluding steroid dienone is 3. The van der Waals surface area contributed by atoms with Gasteiger partial charge < -0.3 is 10.0 Å². The van der Waals surface area contributed by atoms with Crippen molar-refractivity contribution in [3.05, 3.63) is 95.4 Å². The van der Waals surface area contributed by atoms with E-state index < -0.39 is 5.97 Å². The third-order valence-corrected chi connectivity index (χ3v) is 8.20. The SMILES string of the molecule is CN1C2C=CC(C(=O)N3CC(c4cccc(F)c4)C3)=CC2C=C(CCCCC(=O)O)C1C1C=CC=CC1. The molecule has 0 bridgehead atoms. The van der Waals surface area contributed by atoms with Gasteiger partial charge >= 0.3 is 5.97 Å². The molecule has 1 N–H and O–H groups in total. The van der Waals surface area contributed by atoms with E-state index in [-0.39, 0.29) is 42.1 Å². The van der Waals surface area contributed by atoms with Gasteiger partial charge in [-0.15, -0.1) is 0 Å². The molecule has 1 amide bonds. The van der Waals surface area contributed by atoms with E-state index in [4.69, 9.17) is 5.11 Å². The lowest BCUT2D eigenvalue weighted by atomic mass is 9.76. The van der Waals surface area contributed by atoms with Crippen LogP contribution in [0.1, 0.15) is 43.6 Å². The molecule has 6 heteroatoms. The van der Waals surface area contributed by atoms with Gasteiger partial charge in [-0.2, -0.15) is 0 Å². The van der Waals surface area contributed by atoms with E-state index in [0.717, 1.165) is 24.8 Å². The molecule has 0 aromatic heterocycles. The van der Waals surface area contributed by atoms with Crippen LogP contribution in [-0.2, 0) is 9.59 Å². The van der Waals surface area contributed by atoms with Crippen molar-refractivity contribution in [3.8, 4) is 0 Å². The number of carboxylic acid groups (broad SMARTS) is 1. The first-order valence-electron chi connectivity index (χ1n) is 13.3. The summed E-state index contributed by atoms with van der Waals surface area (Å²) in [5.41, 5.74) is 3.00. The molecule has 1 saturated heterocycles.